The van der Waals surface area contributed by atoms with Crippen molar-refractivity contribution < 1.29 is 18.3 Å². The van der Waals surface area contributed by atoms with E-state index in [-0.39, 0.29) is 17.3 Å². The van der Waals surface area contributed by atoms with Crippen LogP contribution in [0.15, 0.2) is 35.6 Å². The summed E-state index contributed by atoms with van der Waals surface area (Å²) in [6, 6.07) is 5.04. The van der Waals surface area contributed by atoms with Gasteiger partial charge in [0.15, 0.2) is 11.6 Å². The Morgan fingerprint density at radius 2 is 2.00 bits per heavy atom. The molecule has 3 rings (SSSR count). The Labute approximate surface area is 147 Å². The van der Waals surface area contributed by atoms with Gasteiger partial charge >= 0.3 is 0 Å². The van der Waals surface area contributed by atoms with E-state index < -0.39 is 11.6 Å². The second-order valence-electron chi connectivity index (χ2n) is 5.28. The lowest BCUT2D eigenvalue weighted by Crippen LogP contribution is -2.36. The van der Waals surface area contributed by atoms with Gasteiger partial charge in [-0.05, 0) is 12.1 Å². The zero-order valence-corrected chi connectivity index (χ0v) is 14.1. The van der Waals surface area contributed by atoms with Gasteiger partial charge in [0.25, 0.3) is 0 Å². The molecule has 1 aliphatic rings. The molecular weight excluding hydrogens is 350 g/mol. The zero-order chi connectivity index (χ0) is 17.6. The summed E-state index contributed by atoms with van der Waals surface area (Å²) in [5, 5.41) is 3.19. The van der Waals surface area contributed by atoms with Crippen molar-refractivity contribution in [2.45, 2.75) is 5.03 Å². The highest BCUT2D eigenvalue weighted by molar-refractivity contribution is 7.99. The number of nitrogens with zero attached hydrogens (tertiary/aromatic N) is 3. The Kier molecular flexibility index (Phi) is 5.77. The van der Waals surface area contributed by atoms with Crippen molar-refractivity contribution in [2.24, 2.45) is 0 Å². The molecule has 1 aliphatic heterocycles. The number of hydrogen-bond acceptors (Lipinski definition) is 6. The van der Waals surface area contributed by atoms with E-state index in [0.29, 0.717) is 18.2 Å². The summed E-state index contributed by atoms with van der Waals surface area (Å²) >= 11 is 1.24. The molecule has 0 atom stereocenters. The Bertz CT molecular complexity index is 757. The topological polar surface area (TPSA) is 67.4 Å². The van der Waals surface area contributed by atoms with E-state index in [0.717, 1.165) is 31.0 Å². The third-order valence-corrected chi connectivity index (χ3v) is 4.44. The van der Waals surface area contributed by atoms with Crippen molar-refractivity contribution in [2.75, 3.05) is 42.3 Å². The van der Waals surface area contributed by atoms with Crippen LogP contribution in [0.2, 0.25) is 0 Å². The number of hydrogen-bond donors (Lipinski definition) is 1. The maximum Gasteiger partial charge on any atom is 0.234 e. The zero-order valence-electron chi connectivity index (χ0n) is 13.2. The van der Waals surface area contributed by atoms with Gasteiger partial charge in [-0.25, -0.2) is 18.7 Å². The number of morpholine rings is 1. The third kappa shape index (κ3) is 4.86. The van der Waals surface area contributed by atoms with Gasteiger partial charge in [0.05, 0.1) is 19.0 Å². The maximum absolute atomic E-state index is 13.1. The molecule has 0 spiro atoms. The molecule has 0 aliphatic carbocycles. The fourth-order valence-corrected chi connectivity index (χ4v) is 2.95. The average Bonchev–Trinajstić information content (AvgIpc) is 2.64. The van der Waals surface area contributed by atoms with Crippen LogP contribution in [0.5, 0.6) is 0 Å². The molecule has 25 heavy (non-hydrogen) atoms. The first-order valence-electron chi connectivity index (χ1n) is 7.64. The number of halogens is 2. The Morgan fingerprint density at radius 1 is 1.20 bits per heavy atom. The van der Waals surface area contributed by atoms with Crippen molar-refractivity contribution in [3.05, 3.63) is 42.2 Å². The molecule has 132 valence electrons. The number of ether oxygens (including phenoxy) is 1. The molecule has 1 saturated heterocycles. The van der Waals surface area contributed by atoms with E-state index in [1.807, 2.05) is 6.07 Å². The molecule has 1 aromatic carbocycles. The minimum atomic E-state index is -1.00. The number of nitrogens with one attached hydrogen (secondary N) is 1. The van der Waals surface area contributed by atoms with Crippen LogP contribution in [0.1, 0.15) is 0 Å². The van der Waals surface area contributed by atoms with Gasteiger partial charge in [0, 0.05) is 30.9 Å². The first kappa shape index (κ1) is 17.6. The van der Waals surface area contributed by atoms with Crippen molar-refractivity contribution in [1.29, 1.82) is 0 Å². The third-order valence-electron chi connectivity index (χ3n) is 3.52. The van der Waals surface area contributed by atoms with Crippen LogP contribution in [0.25, 0.3) is 0 Å². The molecule has 0 bridgehead atoms. The Morgan fingerprint density at radius 3 is 2.76 bits per heavy atom. The number of benzene rings is 1. The number of carbonyl (C=O) groups is 1. The van der Waals surface area contributed by atoms with Gasteiger partial charge in [-0.1, -0.05) is 11.8 Å². The minimum absolute atomic E-state index is 0.0958. The molecule has 0 radical (unpaired) electrons. The van der Waals surface area contributed by atoms with Crippen LogP contribution in [-0.4, -0.2) is 47.9 Å². The van der Waals surface area contributed by atoms with Crippen molar-refractivity contribution in [3.8, 4) is 0 Å². The lowest BCUT2D eigenvalue weighted by atomic mass is 10.3. The molecule has 2 heterocycles. The highest BCUT2D eigenvalue weighted by atomic mass is 32.2. The van der Waals surface area contributed by atoms with Crippen LogP contribution in [-0.2, 0) is 9.53 Å². The van der Waals surface area contributed by atoms with E-state index >= 15 is 0 Å². The van der Waals surface area contributed by atoms with Crippen LogP contribution in [0, 0.1) is 11.6 Å². The van der Waals surface area contributed by atoms with E-state index in [4.69, 9.17) is 4.74 Å². The van der Waals surface area contributed by atoms with Gasteiger partial charge < -0.3 is 15.0 Å². The first-order chi connectivity index (χ1) is 12.1. The summed E-state index contributed by atoms with van der Waals surface area (Å²) in [5.41, 5.74) is 0.209. The fraction of sp³-hybridized carbons (Fsp3) is 0.312. The lowest BCUT2D eigenvalue weighted by Gasteiger charge is -2.27. The number of anilines is 2. The number of rotatable bonds is 5. The normalized spacial score (nSPS) is 14.4. The molecule has 1 N–H and O–H groups in total. The van der Waals surface area contributed by atoms with Crippen molar-refractivity contribution in [1.82, 2.24) is 9.97 Å². The van der Waals surface area contributed by atoms with Crippen LogP contribution >= 0.6 is 11.8 Å². The molecule has 1 aromatic heterocycles. The van der Waals surface area contributed by atoms with E-state index in [9.17, 15) is 13.6 Å². The standard InChI is InChI=1S/C16H16F2N4O2S/c17-12-2-1-11(7-13(12)18)21-15(23)9-25-16-8-14(19-10-20-16)22-3-5-24-6-4-22/h1-2,7-8,10H,3-6,9H2,(H,21,23). The molecular formula is C16H16F2N4O2S. The molecule has 6 nitrogen and oxygen atoms in total. The monoisotopic (exact) mass is 366 g/mol. The highest BCUT2D eigenvalue weighted by Crippen LogP contribution is 2.21. The van der Waals surface area contributed by atoms with Crippen LogP contribution < -0.4 is 10.2 Å². The highest BCUT2D eigenvalue weighted by Gasteiger charge is 2.14. The fourth-order valence-electron chi connectivity index (χ4n) is 2.28. The molecule has 0 unspecified atom stereocenters. The molecule has 1 fully saturated rings. The molecule has 9 heteroatoms. The number of aromatic nitrogens is 2. The maximum atomic E-state index is 13.1. The minimum Gasteiger partial charge on any atom is -0.378 e. The quantitative estimate of drug-likeness (QED) is 0.647. The predicted octanol–water partition coefficient (Wildman–Crippen LogP) is 2.32. The summed E-state index contributed by atoms with van der Waals surface area (Å²) in [6.07, 6.45) is 1.46. The first-order valence-corrected chi connectivity index (χ1v) is 8.63. The lowest BCUT2D eigenvalue weighted by molar-refractivity contribution is -0.113. The van der Waals surface area contributed by atoms with Gasteiger partial charge in [-0.15, -0.1) is 0 Å². The van der Waals surface area contributed by atoms with Gasteiger partial charge in [-0.3, -0.25) is 4.79 Å². The van der Waals surface area contributed by atoms with Gasteiger partial charge in [-0.2, -0.15) is 0 Å². The van der Waals surface area contributed by atoms with Crippen molar-refractivity contribution in [3.63, 3.8) is 0 Å². The summed E-state index contributed by atoms with van der Waals surface area (Å²) in [6.45, 7) is 2.84. The van der Waals surface area contributed by atoms with Gasteiger partial charge in [0.2, 0.25) is 5.91 Å². The summed E-state index contributed by atoms with van der Waals surface area (Å²) in [7, 11) is 0. The molecule has 0 saturated carbocycles. The number of thioether (sulfide) groups is 1. The summed E-state index contributed by atoms with van der Waals surface area (Å²) in [4.78, 5) is 22.4. The smallest absolute Gasteiger partial charge is 0.234 e. The second kappa shape index (κ2) is 8.21. The SMILES string of the molecule is O=C(CSc1cc(N2CCOCC2)ncn1)Nc1ccc(F)c(F)c1. The van der Waals surface area contributed by atoms with Crippen LogP contribution in [0.3, 0.4) is 0 Å². The Hall–Kier alpha value is -2.26. The van der Waals surface area contributed by atoms with E-state index in [1.54, 1.807) is 0 Å². The Balaban J connectivity index is 1.55. The number of amides is 1. The largest absolute Gasteiger partial charge is 0.378 e. The van der Waals surface area contributed by atoms with Crippen molar-refractivity contribution >= 4 is 29.2 Å². The summed E-state index contributed by atoms with van der Waals surface area (Å²) in [5.74, 6) is -1.40. The van der Waals surface area contributed by atoms with E-state index in [2.05, 4.69) is 20.2 Å². The van der Waals surface area contributed by atoms with E-state index in [1.165, 1.54) is 24.2 Å². The number of carbonyl (C=O) groups excluding carboxylic acids is 1. The second-order valence-corrected chi connectivity index (χ2v) is 6.28. The molecule has 2 aromatic rings. The average molecular weight is 366 g/mol. The summed E-state index contributed by atoms with van der Waals surface area (Å²) < 4.78 is 31.3. The van der Waals surface area contributed by atoms with Crippen LogP contribution in [0.4, 0.5) is 20.3 Å². The predicted molar refractivity (Wildman–Crippen MR) is 90.8 cm³/mol. The van der Waals surface area contributed by atoms with Gasteiger partial charge in [0.1, 0.15) is 17.2 Å². The molecule has 1 amide bonds.